The molecular weight excluding hydrogens is 252 g/mol. The number of nitrogens with zero attached hydrogens (tertiary/aromatic N) is 1. The average molecular weight is 272 g/mol. The maximum absolute atomic E-state index is 5.77. The lowest BCUT2D eigenvalue weighted by atomic mass is 10.1. The highest BCUT2D eigenvalue weighted by molar-refractivity contribution is 5.42. The first-order chi connectivity index (χ1) is 9.61. The second-order valence-electron chi connectivity index (χ2n) is 5.57. The zero-order chi connectivity index (χ0) is 14.1. The largest absolute Gasteiger partial charge is 0.417 e. The molecule has 1 heterocycles. The van der Waals surface area contributed by atoms with E-state index in [4.69, 9.17) is 9.15 Å². The molecule has 3 rings (SSSR count). The van der Waals surface area contributed by atoms with Gasteiger partial charge in [0, 0.05) is 12.6 Å². The van der Waals surface area contributed by atoms with E-state index in [0.717, 1.165) is 23.6 Å². The molecule has 0 saturated heterocycles. The summed E-state index contributed by atoms with van der Waals surface area (Å²) in [5.41, 5.74) is 4.38. The van der Waals surface area contributed by atoms with E-state index >= 15 is 0 Å². The number of benzene rings is 1. The minimum atomic E-state index is 0.311. The van der Waals surface area contributed by atoms with Gasteiger partial charge in [-0.15, -0.1) is 0 Å². The van der Waals surface area contributed by atoms with Gasteiger partial charge in [-0.3, -0.25) is 0 Å². The summed E-state index contributed by atoms with van der Waals surface area (Å²) in [6.45, 7) is 6.92. The monoisotopic (exact) mass is 272 g/mol. The van der Waals surface area contributed by atoms with Crippen LogP contribution in [0.2, 0.25) is 0 Å². The fourth-order valence-corrected chi connectivity index (χ4v) is 2.15. The molecule has 4 nitrogen and oxygen atoms in total. The SMILES string of the molecule is Cc1cc(C)c(C)c(Oc2nc(CNC3CC3)co2)c1. The summed E-state index contributed by atoms with van der Waals surface area (Å²) < 4.78 is 11.2. The fraction of sp³-hybridized carbons (Fsp3) is 0.438. The topological polar surface area (TPSA) is 47.3 Å². The number of nitrogens with one attached hydrogen (secondary N) is 1. The molecule has 0 aliphatic heterocycles. The summed E-state index contributed by atoms with van der Waals surface area (Å²) in [4.78, 5) is 4.35. The van der Waals surface area contributed by atoms with E-state index in [1.807, 2.05) is 13.0 Å². The average Bonchev–Trinajstić information content (AvgIpc) is 3.13. The molecule has 1 aliphatic carbocycles. The maximum atomic E-state index is 5.77. The summed E-state index contributed by atoms with van der Waals surface area (Å²) in [5.74, 6) is 0.811. The Morgan fingerprint density at radius 2 is 2.10 bits per heavy atom. The van der Waals surface area contributed by atoms with Crippen molar-refractivity contribution in [2.45, 2.75) is 46.2 Å². The smallest absolute Gasteiger partial charge is 0.399 e. The summed E-state index contributed by atoms with van der Waals surface area (Å²) >= 11 is 0. The molecule has 2 aromatic rings. The van der Waals surface area contributed by atoms with Crippen LogP contribution in [0.15, 0.2) is 22.8 Å². The third-order valence-corrected chi connectivity index (χ3v) is 3.64. The summed E-state index contributed by atoms with van der Waals surface area (Å²) in [6, 6.07) is 4.81. The minimum Gasteiger partial charge on any atom is -0.417 e. The van der Waals surface area contributed by atoms with Crippen LogP contribution in [-0.4, -0.2) is 11.0 Å². The first kappa shape index (κ1) is 13.2. The lowest BCUT2D eigenvalue weighted by molar-refractivity contribution is 0.329. The van der Waals surface area contributed by atoms with Gasteiger partial charge in [0.05, 0.1) is 5.69 Å². The number of oxazole rings is 1. The van der Waals surface area contributed by atoms with Gasteiger partial charge in [0.2, 0.25) is 0 Å². The van der Waals surface area contributed by atoms with Gasteiger partial charge in [-0.25, -0.2) is 0 Å². The molecule has 0 amide bonds. The van der Waals surface area contributed by atoms with Crippen molar-refractivity contribution in [3.8, 4) is 11.8 Å². The van der Waals surface area contributed by atoms with Gasteiger partial charge in [-0.1, -0.05) is 6.07 Å². The second kappa shape index (κ2) is 5.29. The van der Waals surface area contributed by atoms with Crippen molar-refractivity contribution in [3.63, 3.8) is 0 Å². The minimum absolute atomic E-state index is 0.311. The third kappa shape index (κ3) is 3.02. The van der Waals surface area contributed by atoms with E-state index in [9.17, 15) is 0 Å². The summed E-state index contributed by atoms with van der Waals surface area (Å²) in [5, 5.41) is 3.40. The number of aromatic nitrogens is 1. The maximum Gasteiger partial charge on any atom is 0.399 e. The number of hydrogen-bond donors (Lipinski definition) is 1. The van der Waals surface area contributed by atoms with Crippen LogP contribution in [0, 0.1) is 20.8 Å². The third-order valence-electron chi connectivity index (χ3n) is 3.64. The molecular formula is C16H20N2O2. The van der Waals surface area contributed by atoms with Crippen molar-refractivity contribution in [2.75, 3.05) is 0 Å². The van der Waals surface area contributed by atoms with Crippen molar-refractivity contribution in [1.82, 2.24) is 10.3 Å². The highest BCUT2D eigenvalue weighted by Gasteiger charge is 2.20. The van der Waals surface area contributed by atoms with Crippen molar-refractivity contribution in [1.29, 1.82) is 0 Å². The fourth-order valence-electron chi connectivity index (χ4n) is 2.15. The summed E-state index contributed by atoms with van der Waals surface area (Å²) in [7, 11) is 0. The van der Waals surface area contributed by atoms with Gasteiger partial charge in [0.1, 0.15) is 12.0 Å². The Bertz CT molecular complexity index is 615. The lowest BCUT2D eigenvalue weighted by Crippen LogP contribution is -2.15. The van der Waals surface area contributed by atoms with Crippen molar-refractivity contribution >= 4 is 0 Å². The molecule has 106 valence electrons. The van der Waals surface area contributed by atoms with Crippen LogP contribution in [-0.2, 0) is 6.54 Å². The molecule has 4 heteroatoms. The molecule has 0 unspecified atom stereocenters. The van der Waals surface area contributed by atoms with Gasteiger partial charge in [0.25, 0.3) is 0 Å². The highest BCUT2D eigenvalue weighted by Crippen LogP contribution is 2.28. The first-order valence-corrected chi connectivity index (χ1v) is 7.05. The molecule has 0 spiro atoms. The van der Waals surface area contributed by atoms with Gasteiger partial charge in [-0.2, -0.15) is 4.98 Å². The molecule has 20 heavy (non-hydrogen) atoms. The molecule has 0 bridgehead atoms. The van der Waals surface area contributed by atoms with Crippen LogP contribution < -0.4 is 10.1 Å². The first-order valence-electron chi connectivity index (χ1n) is 7.05. The molecule has 1 aromatic heterocycles. The van der Waals surface area contributed by atoms with Gasteiger partial charge >= 0.3 is 6.08 Å². The van der Waals surface area contributed by atoms with Gasteiger partial charge in [0.15, 0.2) is 0 Å². The molecule has 1 aliphatic rings. The zero-order valence-electron chi connectivity index (χ0n) is 12.2. The van der Waals surface area contributed by atoms with Crippen LogP contribution in [0.3, 0.4) is 0 Å². The Morgan fingerprint density at radius 1 is 1.30 bits per heavy atom. The molecule has 1 fully saturated rings. The van der Waals surface area contributed by atoms with E-state index in [0.29, 0.717) is 12.1 Å². The van der Waals surface area contributed by atoms with Gasteiger partial charge < -0.3 is 14.5 Å². The number of hydrogen-bond acceptors (Lipinski definition) is 4. The number of ether oxygens (including phenoxy) is 1. The standard InChI is InChI=1S/C16H20N2O2/c1-10-6-11(2)12(3)15(7-10)20-16-18-14(9-19-16)8-17-13-4-5-13/h6-7,9,13,17H,4-5,8H2,1-3H3. The van der Waals surface area contributed by atoms with E-state index in [-0.39, 0.29) is 0 Å². The van der Waals surface area contributed by atoms with Crippen LogP contribution in [0.5, 0.6) is 11.8 Å². The Morgan fingerprint density at radius 3 is 2.85 bits per heavy atom. The molecule has 1 saturated carbocycles. The zero-order valence-corrected chi connectivity index (χ0v) is 12.2. The Hall–Kier alpha value is -1.81. The van der Waals surface area contributed by atoms with Crippen molar-refractivity contribution in [3.05, 3.63) is 40.8 Å². The van der Waals surface area contributed by atoms with E-state index in [1.165, 1.54) is 24.0 Å². The predicted molar refractivity (Wildman–Crippen MR) is 77.1 cm³/mol. The number of rotatable bonds is 5. The van der Waals surface area contributed by atoms with E-state index in [2.05, 4.69) is 30.2 Å². The quantitative estimate of drug-likeness (QED) is 0.902. The van der Waals surface area contributed by atoms with Crippen LogP contribution >= 0.6 is 0 Å². The normalized spacial score (nSPS) is 14.6. The second-order valence-corrected chi connectivity index (χ2v) is 5.57. The van der Waals surface area contributed by atoms with Crippen molar-refractivity contribution in [2.24, 2.45) is 0 Å². The van der Waals surface area contributed by atoms with Crippen LogP contribution in [0.25, 0.3) is 0 Å². The molecule has 0 radical (unpaired) electrons. The Labute approximate surface area is 119 Å². The van der Waals surface area contributed by atoms with E-state index < -0.39 is 0 Å². The van der Waals surface area contributed by atoms with Crippen LogP contribution in [0.4, 0.5) is 0 Å². The van der Waals surface area contributed by atoms with Crippen molar-refractivity contribution < 1.29 is 9.15 Å². The van der Waals surface area contributed by atoms with E-state index in [1.54, 1.807) is 6.26 Å². The Balaban J connectivity index is 1.70. The lowest BCUT2D eigenvalue weighted by Gasteiger charge is -2.09. The number of aryl methyl sites for hydroxylation is 2. The van der Waals surface area contributed by atoms with Crippen LogP contribution in [0.1, 0.15) is 35.2 Å². The summed E-state index contributed by atoms with van der Waals surface area (Å²) in [6.07, 6.45) is 4.50. The van der Waals surface area contributed by atoms with Gasteiger partial charge in [-0.05, 0) is 56.4 Å². The molecule has 1 N–H and O–H groups in total. The highest BCUT2D eigenvalue weighted by atomic mass is 16.6. The Kier molecular flexibility index (Phi) is 3.49. The molecule has 1 aromatic carbocycles. The molecule has 0 atom stereocenters. The predicted octanol–water partition coefficient (Wildman–Crippen LogP) is 3.64.